The average Bonchev–Trinajstić information content (AvgIpc) is 3.36. The summed E-state index contributed by atoms with van der Waals surface area (Å²) in [6.45, 7) is 1.85. The number of fused-ring (bicyclic) bond motifs is 1. The zero-order valence-corrected chi connectivity index (χ0v) is 15.4. The number of nitrogens with one attached hydrogen (secondary N) is 1. The highest BCUT2D eigenvalue weighted by Gasteiger charge is 2.12. The molecule has 4 aromatic rings. The highest BCUT2D eigenvalue weighted by molar-refractivity contribution is 7.16. The van der Waals surface area contributed by atoms with Crippen LogP contribution in [0.1, 0.15) is 18.5 Å². The average molecular weight is 379 g/mol. The Morgan fingerprint density at radius 3 is 2.78 bits per heavy atom. The molecule has 0 saturated carbocycles. The van der Waals surface area contributed by atoms with Crippen molar-refractivity contribution >= 4 is 27.5 Å². The Bertz CT molecular complexity index is 1130. The standard InChI is InChI=1S/C19H17N5O2S/c1-13(14-2-4-15(5-3-14)23-8-7-20-11-23)22-17(25)10-24-12-21-18-16(19(24)26)6-9-27-18/h2-9,11-13H,10H2,1H3,(H,22,25). The lowest BCUT2D eigenvalue weighted by atomic mass is 10.1. The van der Waals surface area contributed by atoms with Crippen molar-refractivity contribution in [1.29, 1.82) is 0 Å². The van der Waals surface area contributed by atoms with Gasteiger partial charge >= 0.3 is 0 Å². The van der Waals surface area contributed by atoms with Gasteiger partial charge in [-0.25, -0.2) is 9.97 Å². The molecule has 4 rings (SSSR count). The Morgan fingerprint density at radius 2 is 2.04 bits per heavy atom. The van der Waals surface area contributed by atoms with Gasteiger partial charge in [-0.15, -0.1) is 11.3 Å². The van der Waals surface area contributed by atoms with E-state index in [-0.39, 0.29) is 24.1 Å². The smallest absolute Gasteiger partial charge is 0.262 e. The lowest BCUT2D eigenvalue weighted by molar-refractivity contribution is -0.122. The van der Waals surface area contributed by atoms with Gasteiger partial charge in [0.05, 0.1) is 24.1 Å². The Kier molecular flexibility index (Phi) is 4.55. The quantitative estimate of drug-likeness (QED) is 0.578. The molecular formula is C19H17N5O2S. The van der Waals surface area contributed by atoms with Crippen LogP contribution in [0.3, 0.4) is 0 Å². The summed E-state index contributed by atoms with van der Waals surface area (Å²) in [4.78, 5) is 33.7. The Labute approximate surface area is 158 Å². The van der Waals surface area contributed by atoms with Crippen LogP contribution < -0.4 is 10.9 Å². The second-order valence-corrected chi connectivity index (χ2v) is 7.06. The minimum Gasteiger partial charge on any atom is -0.348 e. The molecule has 0 spiro atoms. The first-order valence-corrected chi connectivity index (χ1v) is 9.30. The van der Waals surface area contributed by atoms with Crippen molar-refractivity contribution in [3.8, 4) is 5.69 Å². The van der Waals surface area contributed by atoms with E-state index in [1.165, 1.54) is 22.2 Å². The van der Waals surface area contributed by atoms with Gasteiger partial charge in [0.2, 0.25) is 5.91 Å². The molecule has 8 heteroatoms. The van der Waals surface area contributed by atoms with Crippen LogP contribution in [0.4, 0.5) is 0 Å². The molecule has 27 heavy (non-hydrogen) atoms. The fourth-order valence-corrected chi connectivity index (χ4v) is 3.60. The number of amides is 1. The fraction of sp³-hybridized carbons (Fsp3) is 0.158. The monoisotopic (exact) mass is 379 g/mol. The normalized spacial score (nSPS) is 12.2. The van der Waals surface area contributed by atoms with Gasteiger partial charge in [0.1, 0.15) is 11.4 Å². The summed E-state index contributed by atoms with van der Waals surface area (Å²) >= 11 is 1.41. The number of rotatable bonds is 5. The number of benzene rings is 1. The zero-order chi connectivity index (χ0) is 18.8. The number of hydrogen-bond donors (Lipinski definition) is 1. The van der Waals surface area contributed by atoms with E-state index in [4.69, 9.17) is 0 Å². The van der Waals surface area contributed by atoms with Crippen LogP contribution in [-0.2, 0) is 11.3 Å². The van der Waals surface area contributed by atoms with Gasteiger partial charge in [-0.3, -0.25) is 14.2 Å². The number of hydrogen-bond acceptors (Lipinski definition) is 5. The lowest BCUT2D eigenvalue weighted by Gasteiger charge is -2.15. The predicted octanol–water partition coefficient (Wildman–Crippen LogP) is 2.52. The first kappa shape index (κ1) is 17.2. The molecule has 0 saturated heterocycles. The van der Waals surface area contributed by atoms with E-state index >= 15 is 0 Å². The second-order valence-electron chi connectivity index (χ2n) is 6.17. The van der Waals surface area contributed by atoms with Crippen LogP contribution in [0, 0.1) is 0 Å². The van der Waals surface area contributed by atoms with Crippen molar-refractivity contribution in [3.63, 3.8) is 0 Å². The van der Waals surface area contributed by atoms with Crippen molar-refractivity contribution in [2.75, 3.05) is 0 Å². The van der Waals surface area contributed by atoms with Crippen LogP contribution in [0.5, 0.6) is 0 Å². The minimum absolute atomic E-state index is 0.0604. The Morgan fingerprint density at radius 1 is 1.22 bits per heavy atom. The number of carbonyl (C=O) groups is 1. The molecule has 1 atom stereocenters. The van der Waals surface area contributed by atoms with Crippen molar-refractivity contribution in [2.24, 2.45) is 0 Å². The molecule has 0 aliphatic heterocycles. The second kappa shape index (κ2) is 7.16. The van der Waals surface area contributed by atoms with Gasteiger partial charge in [-0.05, 0) is 36.1 Å². The van der Waals surface area contributed by atoms with Crippen LogP contribution in [0.25, 0.3) is 15.9 Å². The summed E-state index contributed by atoms with van der Waals surface area (Å²) in [7, 11) is 0. The van der Waals surface area contributed by atoms with E-state index in [1.807, 2.05) is 47.3 Å². The molecule has 3 aromatic heterocycles. The van der Waals surface area contributed by atoms with E-state index < -0.39 is 0 Å². The van der Waals surface area contributed by atoms with Crippen molar-refractivity contribution in [1.82, 2.24) is 24.4 Å². The molecule has 0 fully saturated rings. The maximum atomic E-state index is 12.4. The largest absolute Gasteiger partial charge is 0.348 e. The van der Waals surface area contributed by atoms with E-state index in [0.29, 0.717) is 10.2 Å². The molecule has 3 heterocycles. The fourth-order valence-electron chi connectivity index (χ4n) is 2.88. The number of thiophene rings is 1. The first-order chi connectivity index (χ1) is 13.1. The number of aromatic nitrogens is 4. The van der Waals surface area contributed by atoms with Crippen LogP contribution in [-0.4, -0.2) is 25.0 Å². The maximum absolute atomic E-state index is 12.4. The van der Waals surface area contributed by atoms with E-state index in [2.05, 4.69) is 15.3 Å². The summed E-state index contributed by atoms with van der Waals surface area (Å²) in [5.41, 5.74) is 1.77. The molecule has 1 aromatic carbocycles. The summed E-state index contributed by atoms with van der Waals surface area (Å²) in [5, 5.41) is 5.28. The maximum Gasteiger partial charge on any atom is 0.262 e. The molecule has 0 aliphatic carbocycles. The predicted molar refractivity (Wildman–Crippen MR) is 104 cm³/mol. The summed E-state index contributed by atoms with van der Waals surface area (Å²) in [6.07, 6.45) is 6.75. The van der Waals surface area contributed by atoms with Gasteiger partial charge in [0.25, 0.3) is 5.56 Å². The van der Waals surface area contributed by atoms with Crippen molar-refractivity contribution in [2.45, 2.75) is 19.5 Å². The molecule has 1 unspecified atom stereocenters. The Hall–Kier alpha value is -3.26. The third-order valence-electron chi connectivity index (χ3n) is 4.34. The van der Waals surface area contributed by atoms with Gasteiger partial charge < -0.3 is 9.88 Å². The van der Waals surface area contributed by atoms with E-state index in [9.17, 15) is 9.59 Å². The molecular weight excluding hydrogens is 362 g/mol. The van der Waals surface area contributed by atoms with E-state index in [1.54, 1.807) is 18.6 Å². The third kappa shape index (κ3) is 3.52. The number of nitrogens with zero attached hydrogens (tertiary/aromatic N) is 4. The topological polar surface area (TPSA) is 81.8 Å². The summed E-state index contributed by atoms with van der Waals surface area (Å²) < 4.78 is 3.24. The molecule has 7 nitrogen and oxygen atoms in total. The molecule has 1 amide bonds. The van der Waals surface area contributed by atoms with Crippen molar-refractivity contribution in [3.05, 3.63) is 76.7 Å². The van der Waals surface area contributed by atoms with Crippen LogP contribution in [0.15, 0.2) is 65.6 Å². The van der Waals surface area contributed by atoms with Gasteiger partial charge in [0, 0.05) is 18.1 Å². The third-order valence-corrected chi connectivity index (χ3v) is 5.16. The highest BCUT2D eigenvalue weighted by atomic mass is 32.1. The van der Waals surface area contributed by atoms with Gasteiger partial charge in [0.15, 0.2) is 0 Å². The summed E-state index contributed by atoms with van der Waals surface area (Å²) in [5.74, 6) is -0.236. The molecule has 0 radical (unpaired) electrons. The molecule has 136 valence electrons. The zero-order valence-electron chi connectivity index (χ0n) is 14.6. The minimum atomic E-state index is -0.236. The summed E-state index contributed by atoms with van der Waals surface area (Å²) in [6, 6.07) is 9.42. The molecule has 0 bridgehead atoms. The first-order valence-electron chi connectivity index (χ1n) is 8.42. The highest BCUT2D eigenvalue weighted by Crippen LogP contribution is 2.16. The lowest BCUT2D eigenvalue weighted by Crippen LogP contribution is -2.33. The van der Waals surface area contributed by atoms with E-state index in [0.717, 1.165) is 11.3 Å². The Balaban J connectivity index is 1.44. The van der Waals surface area contributed by atoms with Crippen LogP contribution >= 0.6 is 11.3 Å². The molecule has 1 N–H and O–H groups in total. The number of carbonyl (C=O) groups excluding carboxylic acids is 1. The van der Waals surface area contributed by atoms with Gasteiger partial charge in [-0.1, -0.05) is 12.1 Å². The van der Waals surface area contributed by atoms with Gasteiger partial charge in [-0.2, -0.15) is 0 Å². The van der Waals surface area contributed by atoms with Crippen molar-refractivity contribution < 1.29 is 4.79 Å². The SMILES string of the molecule is CC(NC(=O)Cn1cnc2sccc2c1=O)c1ccc(-n2ccnc2)cc1. The van der Waals surface area contributed by atoms with Crippen LogP contribution in [0.2, 0.25) is 0 Å². The number of imidazole rings is 1. The molecule has 0 aliphatic rings.